The molecular formula is C24H31N3O6S. The van der Waals surface area contributed by atoms with Gasteiger partial charge in [0.2, 0.25) is 10.0 Å². The molecule has 2 N–H and O–H groups in total. The number of carbonyl (C=O) groups is 3. The molecule has 0 unspecified atom stereocenters. The summed E-state index contributed by atoms with van der Waals surface area (Å²) in [5, 5.41) is 5.25. The highest BCUT2D eigenvalue weighted by Gasteiger charge is 2.27. The zero-order valence-corrected chi connectivity index (χ0v) is 21.0. The summed E-state index contributed by atoms with van der Waals surface area (Å²) in [5.41, 5.74) is 2.14. The van der Waals surface area contributed by atoms with Crippen molar-refractivity contribution in [3.8, 4) is 0 Å². The number of amides is 2. The molecule has 0 saturated heterocycles. The molecule has 0 aliphatic heterocycles. The Hall–Kier alpha value is -3.24. The molecule has 2 aromatic rings. The van der Waals surface area contributed by atoms with Crippen LogP contribution < -0.4 is 10.6 Å². The molecule has 2 amide bonds. The Morgan fingerprint density at radius 2 is 1.65 bits per heavy atom. The van der Waals surface area contributed by atoms with Crippen molar-refractivity contribution in [1.29, 1.82) is 0 Å². The molecule has 0 bridgehead atoms. The van der Waals surface area contributed by atoms with Crippen LogP contribution >= 0.6 is 0 Å². The number of nitrogens with one attached hydrogen (secondary N) is 2. The zero-order valence-electron chi connectivity index (χ0n) is 20.2. The van der Waals surface area contributed by atoms with Crippen molar-refractivity contribution in [2.24, 2.45) is 5.92 Å². The Morgan fingerprint density at radius 1 is 1.00 bits per heavy atom. The summed E-state index contributed by atoms with van der Waals surface area (Å²) in [5.74, 6) is -2.07. The van der Waals surface area contributed by atoms with Crippen LogP contribution in [0.1, 0.15) is 35.3 Å². The highest BCUT2D eigenvalue weighted by Crippen LogP contribution is 2.22. The number of esters is 1. The first-order valence-corrected chi connectivity index (χ1v) is 12.1. The second kappa shape index (κ2) is 11.3. The van der Waals surface area contributed by atoms with E-state index in [0.717, 1.165) is 9.87 Å². The third-order valence-corrected chi connectivity index (χ3v) is 7.02. The predicted octanol–water partition coefficient (Wildman–Crippen LogP) is 2.49. The molecule has 1 atom stereocenters. The molecule has 0 aliphatic rings. The number of sulfonamides is 1. The van der Waals surface area contributed by atoms with Gasteiger partial charge in [-0.05, 0) is 49.1 Å². The molecule has 0 fully saturated rings. The first-order chi connectivity index (χ1) is 15.8. The van der Waals surface area contributed by atoms with E-state index in [9.17, 15) is 22.8 Å². The van der Waals surface area contributed by atoms with E-state index < -0.39 is 40.5 Å². The molecule has 0 spiro atoms. The maximum absolute atomic E-state index is 12.6. The number of hydrogen-bond donors (Lipinski definition) is 2. The van der Waals surface area contributed by atoms with Crippen LogP contribution in [0.25, 0.3) is 0 Å². The smallest absolute Gasteiger partial charge is 0.329 e. The number of aryl methyl sites for hydroxylation is 2. The van der Waals surface area contributed by atoms with Gasteiger partial charge in [0.1, 0.15) is 6.04 Å². The normalized spacial score (nSPS) is 12.4. The number of rotatable bonds is 9. The SMILES string of the molecule is Cc1ccc(S(=O)(=O)N(C)C)cc1NC(=O)COC(=O)[C@@H](NC(=O)c1ccccc1C)C(C)C. The van der Waals surface area contributed by atoms with Crippen LogP contribution in [0.3, 0.4) is 0 Å². The Kier molecular flexibility index (Phi) is 8.94. The summed E-state index contributed by atoms with van der Waals surface area (Å²) in [4.78, 5) is 37.7. The van der Waals surface area contributed by atoms with Crippen LogP contribution in [0.4, 0.5) is 5.69 Å². The van der Waals surface area contributed by atoms with Gasteiger partial charge in [-0.15, -0.1) is 0 Å². The van der Waals surface area contributed by atoms with Crippen LogP contribution in [0.5, 0.6) is 0 Å². The van der Waals surface area contributed by atoms with Crippen molar-refractivity contribution in [2.75, 3.05) is 26.0 Å². The molecule has 10 heteroatoms. The van der Waals surface area contributed by atoms with E-state index >= 15 is 0 Å². The molecule has 0 aromatic heterocycles. The average molecular weight is 490 g/mol. The summed E-state index contributed by atoms with van der Waals surface area (Å²) in [7, 11) is -0.854. The van der Waals surface area contributed by atoms with E-state index in [1.807, 2.05) is 6.07 Å². The van der Waals surface area contributed by atoms with E-state index in [0.29, 0.717) is 11.1 Å². The van der Waals surface area contributed by atoms with Gasteiger partial charge in [-0.3, -0.25) is 9.59 Å². The van der Waals surface area contributed by atoms with Crippen LogP contribution in [-0.4, -0.2) is 57.3 Å². The second-order valence-corrected chi connectivity index (χ2v) is 10.6. The fourth-order valence-electron chi connectivity index (χ4n) is 3.06. The predicted molar refractivity (Wildman–Crippen MR) is 129 cm³/mol. The highest BCUT2D eigenvalue weighted by atomic mass is 32.2. The molecule has 0 saturated carbocycles. The number of benzene rings is 2. The summed E-state index contributed by atoms with van der Waals surface area (Å²) in [6.07, 6.45) is 0. The van der Waals surface area contributed by atoms with Crippen LogP contribution in [0.15, 0.2) is 47.4 Å². The standard InChI is InChI=1S/C24H31N3O6S/c1-15(2)22(26-23(29)19-10-8-7-9-16(19)3)24(30)33-14-21(28)25-20-13-18(12-11-17(20)4)34(31,32)27(5)6/h7-13,15,22H,14H2,1-6H3,(H,25,28)(H,26,29)/t22-/m0/s1. The topological polar surface area (TPSA) is 122 Å². The molecular weight excluding hydrogens is 458 g/mol. The van der Waals surface area contributed by atoms with E-state index in [2.05, 4.69) is 10.6 Å². The zero-order chi connectivity index (χ0) is 25.6. The van der Waals surface area contributed by atoms with Gasteiger partial charge in [0.05, 0.1) is 4.90 Å². The van der Waals surface area contributed by atoms with Crippen LogP contribution in [-0.2, 0) is 24.3 Å². The number of hydrogen-bond acceptors (Lipinski definition) is 6. The molecule has 0 radical (unpaired) electrons. The highest BCUT2D eigenvalue weighted by molar-refractivity contribution is 7.89. The third-order valence-electron chi connectivity index (χ3n) is 5.20. The molecule has 9 nitrogen and oxygen atoms in total. The lowest BCUT2D eigenvalue weighted by molar-refractivity contribution is -0.150. The van der Waals surface area contributed by atoms with Crippen molar-refractivity contribution in [3.05, 3.63) is 59.2 Å². The van der Waals surface area contributed by atoms with Gasteiger partial charge >= 0.3 is 5.97 Å². The molecule has 184 valence electrons. The van der Waals surface area contributed by atoms with Crippen LogP contribution in [0.2, 0.25) is 0 Å². The van der Waals surface area contributed by atoms with Gasteiger partial charge < -0.3 is 15.4 Å². The summed E-state index contributed by atoms with van der Waals surface area (Å²) >= 11 is 0. The van der Waals surface area contributed by atoms with E-state index in [-0.39, 0.29) is 16.5 Å². The summed E-state index contributed by atoms with van der Waals surface area (Å²) in [6, 6.07) is 10.4. The quantitative estimate of drug-likeness (QED) is 0.522. The molecule has 34 heavy (non-hydrogen) atoms. The number of ether oxygens (including phenoxy) is 1. The summed E-state index contributed by atoms with van der Waals surface area (Å²) in [6.45, 7) is 6.42. The lowest BCUT2D eigenvalue weighted by Gasteiger charge is -2.21. The number of anilines is 1. The Balaban J connectivity index is 2.05. The monoisotopic (exact) mass is 489 g/mol. The minimum absolute atomic E-state index is 0.0224. The lowest BCUT2D eigenvalue weighted by Crippen LogP contribution is -2.46. The van der Waals surface area contributed by atoms with Gasteiger partial charge in [0.25, 0.3) is 11.8 Å². The van der Waals surface area contributed by atoms with Crippen molar-refractivity contribution in [1.82, 2.24) is 9.62 Å². The van der Waals surface area contributed by atoms with Gasteiger partial charge in [0, 0.05) is 25.3 Å². The first-order valence-electron chi connectivity index (χ1n) is 10.7. The van der Waals surface area contributed by atoms with E-state index in [1.165, 1.54) is 26.2 Å². The average Bonchev–Trinajstić information content (AvgIpc) is 2.77. The first kappa shape index (κ1) is 27.0. The number of carbonyl (C=O) groups excluding carboxylic acids is 3. The van der Waals surface area contributed by atoms with Gasteiger partial charge in [-0.25, -0.2) is 17.5 Å². The fraction of sp³-hybridized carbons (Fsp3) is 0.375. The fourth-order valence-corrected chi connectivity index (χ4v) is 3.99. The Labute approximate surface area is 200 Å². The van der Waals surface area contributed by atoms with Gasteiger partial charge in [0.15, 0.2) is 6.61 Å². The maximum atomic E-state index is 12.6. The minimum Gasteiger partial charge on any atom is -0.454 e. The molecule has 2 aromatic carbocycles. The molecule has 2 rings (SSSR count). The molecule has 0 heterocycles. The van der Waals surface area contributed by atoms with E-state index in [4.69, 9.17) is 4.74 Å². The second-order valence-electron chi connectivity index (χ2n) is 8.43. The summed E-state index contributed by atoms with van der Waals surface area (Å²) < 4.78 is 30.9. The van der Waals surface area contributed by atoms with Crippen molar-refractivity contribution in [2.45, 2.75) is 38.6 Å². The van der Waals surface area contributed by atoms with Gasteiger partial charge in [-0.1, -0.05) is 38.1 Å². The largest absolute Gasteiger partial charge is 0.454 e. The molecule has 0 aliphatic carbocycles. The van der Waals surface area contributed by atoms with Gasteiger partial charge in [-0.2, -0.15) is 0 Å². The maximum Gasteiger partial charge on any atom is 0.329 e. The lowest BCUT2D eigenvalue weighted by atomic mass is 10.0. The van der Waals surface area contributed by atoms with E-state index in [1.54, 1.807) is 52.0 Å². The number of nitrogens with zero attached hydrogens (tertiary/aromatic N) is 1. The van der Waals surface area contributed by atoms with Crippen molar-refractivity contribution in [3.63, 3.8) is 0 Å². The van der Waals surface area contributed by atoms with Crippen molar-refractivity contribution < 1.29 is 27.5 Å². The Bertz CT molecular complexity index is 1170. The minimum atomic E-state index is -3.68. The Morgan fingerprint density at radius 3 is 2.24 bits per heavy atom. The van der Waals surface area contributed by atoms with Crippen molar-refractivity contribution >= 4 is 33.5 Å². The third kappa shape index (κ3) is 6.64. The van der Waals surface area contributed by atoms with Crippen LogP contribution in [0, 0.1) is 19.8 Å².